The number of hydrogen-bond acceptors (Lipinski definition) is 13. The van der Waals surface area contributed by atoms with Crippen molar-refractivity contribution in [3.05, 3.63) is 65.5 Å². The summed E-state index contributed by atoms with van der Waals surface area (Å²) in [7, 11) is 0. The fourth-order valence-electron chi connectivity index (χ4n) is 4.90. The molecule has 3 aromatic rings. The molecule has 6 atom stereocenters. The Morgan fingerprint density at radius 3 is 2.48 bits per heavy atom. The molecule has 0 spiro atoms. The van der Waals surface area contributed by atoms with Crippen LogP contribution in [0.1, 0.15) is 48.3 Å². The number of aliphatic carboxylic acids is 1. The molecule has 1 aromatic heterocycles. The number of carboxylic acids is 1. The van der Waals surface area contributed by atoms with E-state index in [0.29, 0.717) is 17.0 Å². The molecule has 1 saturated heterocycles. The van der Waals surface area contributed by atoms with Gasteiger partial charge in [0.05, 0.1) is 54.8 Å². The van der Waals surface area contributed by atoms with E-state index in [-0.39, 0.29) is 18.9 Å². The number of ether oxygens (including phenoxy) is 4. The number of nitrogens with zero attached hydrogens (tertiary/aromatic N) is 3. The maximum absolute atomic E-state index is 14.3. The van der Waals surface area contributed by atoms with Crippen LogP contribution in [0.5, 0.6) is 11.5 Å². The Morgan fingerprint density at radius 2 is 1.88 bits per heavy atom. The molecule has 0 saturated carbocycles. The number of carbonyl (C=O) groups excluding carboxylic acids is 2. The lowest BCUT2D eigenvalue weighted by atomic mass is 9.88. The van der Waals surface area contributed by atoms with Crippen LogP contribution in [-0.2, 0) is 25.7 Å². The zero-order chi connectivity index (χ0) is 35.2. The number of aliphatic hydroxyl groups is 4. The Labute approximate surface area is 271 Å². The van der Waals surface area contributed by atoms with Gasteiger partial charge in [0.15, 0.2) is 0 Å². The molecule has 0 radical (unpaired) electrons. The van der Waals surface area contributed by atoms with Crippen molar-refractivity contribution in [2.24, 2.45) is 0 Å². The molecule has 16 nitrogen and oxygen atoms in total. The summed E-state index contributed by atoms with van der Waals surface area (Å²) in [6, 6.07) is 7.94. The summed E-state index contributed by atoms with van der Waals surface area (Å²) in [6.07, 6.45) is -10.3. The number of amides is 1. The summed E-state index contributed by atoms with van der Waals surface area (Å²) < 4.78 is 51.4. The highest BCUT2D eigenvalue weighted by Gasteiger charge is 2.57. The second-order valence-corrected chi connectivity index (χ2v) is 10.7. The smallest absolute Gasteiger partial charge is 0.377 e. The van der Waals surface area contributed by atoms with E-state index < -0.39 is 84.9 Å². The average molecular weight is 681 g/mol. The number of benzene rings is 2. The van der Waals surface area contributed by atoms with Crippen LogP contribution in [0.15, 0.2) is 48.7 Å². The number of halogens is 2. The summed E-state index contributed by atoms with van der Waals surface area (Å²) in [5.74, 6) is -6.20. The Kier molecular flexibility index (Phi) is 11.6. The van der Waals surface area contributed by atoms with Gasteiger partial charge in [0.25, 0.3) is 6.43 Å². The highest BCUT2D eigenvalue weighted by molar-refractivity contribution is 5.89. The molecule has 2 aromatic carbocycles. The second-order valence-electron chi connectivity index (χ2n) is 10.7. The molecule has 0 bridgehead atoms. The van der Waals surface area contributed by atoms with E-state index in [4.69, 9.17) is 18.9 Å². The summed E-state index contributed by atoms with van der Waals surface area (Å²) >= 11 is 0. The zero-order valence-electron chi connectivity index (χ0n) is 25.6. The molecular formula is C30H34F2N4O12. The Hall–Kier alpha value is -4.75. The van der Waals surface area contributed by atoms with Crippen LogP contribution < -0.4 is 14.8 Å². The largest absolute Gasteiger partial charge is 0.487 e. The Morgan fingerprint density at radius 1 is 1.17 bits per heavy atom. The number of carbonyl (C=O) groups is 3. The van der Waals surface area contributed by atoms with Gasteiger partial charge in [-0.25, -0.2) is 23.1 Å². The van der Waals surface area contributed by atoms with Crippen molar-refractivity contribution in [2.45, 2.75) is 69.5 Å². The fraction of sp³-hybridized carbons (Fsp3) is 0.433. The first kappa shape index (κ1) is 36.1. The summed E-state index contributed by atoms with van der Waals surface area (Å²) in [6.45, 7) is 1.92. The van der Waals surface area contributed by atoms with Crippen LogP contribution >= 0.6 is 0 Å². The fourth-order valence-corrected chi connectivity index (χ4v) is 4.90. The van der Waals surface area contributed by atoms with E-state index in [1.54, 1.807) is 19.1 Å². The standard InChI is InChI=1S/C30H34F2N4O12/c1-3-45-28(42)16-4-7-19(8-5-16)46-14-17-12-36(35-34-17)18-6-9-23(20(10-18)27(31)32)47-30(29(43)44)11-21(39)24(33-15(2)38)26(48-30)25(41)22(40)13-37/h4-10,12,21-22,24-27,37,39-41H,3,11,13-14H2,1-2H3,(H,33,38)(H,43,44)/t21-,22+,24+,25+,26+,30+/m0/s1. The maximum Gasteiger partial charge on any atom is 0.377 e. The van der Waals surface area contributed by atoms with Gasteiger partial charge in [0.1, 0.15) is 42.1 Å². The molecule has 1 amide bonds. The number of carboxylic acid groups (broad SMARTS) is 1. The summed E-state index contributed by atoms with van der Waals surface area (Å²) in [5, 5.41) is 61.0. The van der Waals surface area contributed by atoms with Crippen LogP contribution in [0.25, 0.3) is 5.69 Å². The third kappa shape index (κ3) is 8.20. The van der Waals surface area contributed by atoms with Gasteiger partial charge in [-0.2, -0.15) is 0 Å². The van der Waals surface area contributed by atoms with Gasteiger partial charge in [0, 0.05) is 6.92 Å². The predicted octanol–water partition coefficient (Wildman–Crippen LogP) is 0.489. The second kappa shape index (κ2) is 15.4. The van der Waals surface area contributed by atoms with Gasteiger partial charge in [-0.1, -0.05) is 5.21 Å². The first-order valence-corrected chi connectivity index (χ1v) is 14.5. The van der Waals surface area contributed by atoms with Crippen molar-refractivity contribution < 1.29 is 67.6 Å². The number of aliphatic hydroxyl groups excluding tert-OH is 4. The van der Waals surface area contributed by atoms with E-state index in [1.807, 2.05) is 0 Å². The lowest BCUT2D eigenvalue weighted by Gasteiger charge is -2.46. The van der Waals surface area contributed by atoms with E-state index in [1.165, 1.54) is 24.4 Å². The van der Waals surface area contributed by atoms with E-state index in [0.717, 1.165) is 23.7 Å². The van der Waals surface area contributed by atoms with E-state index in [2.05, 4.69) is 15.6 Å². The van der Waals surface area contributed by atoms with Crippen molar-refractivity contribution in [1.29, 1.82) is 0 Å². The van der Waals surface area contributed by atoms with Crippen molar-refractivity contribution in [2.75, 3.05) is 13.2 Å². The zero-order valence-corrected chi connectivity index (χ0v) is 25.6. The Bertz CT molecular complexity index is 1590. The van der Waals surface area contributed by atoms with Crippen molar-refractivity contribution in [3.8, 4) is 17.2 Å². The van der Waals surface area contributed by atoms with Crippen molar-refractivity contribution >= 4 is 17.8 Å². The first-order chi connectivity index (χ1) is 22.8. The molecule has 18 heteroatoms. The molecule has 4 rings (SSSR count). The van der Waals surface area contributed by atoms with E-state index in [9.17, 15) is 48.7 Å². The summed E-state index contributed by atoms with van der Waals surface area (Å²) in [5.41, 5.74) is -0.0712. The molecule has 0 aliphatic carbocycles. The molecule has 1 aliphatic heterocycles. The number of aromatic nitrogens is 3. The van der Waals surface area contributed by atoms with Crippen LogP contribution in [0.2, 0.25) is 0 Å². The van der Waals surface area contributed by atoms with Gasteiger partial charge >= 0.3 is 17.7 Å². The lowest BCUT2D eigenvalue weighted by Crippen LogP contribution is -2.68. The third-order valence-electron chi connectivity index (χ3n) is 7.25. The molecule has 1 fully saturated rings. The van der Waals surface area contributed by atoms with E-state index >= 15 is 0 Å². The maximum atomic E-state index is 14.3. The molecule has 48 heavy (non-hydrogen) atoms. The molecular weight excluding hydrogens is 646 g/mol. The minimum absolute atomic E-state index is 0.0695. The quantitative estimate of drug-likeness (QED) is 0.127. The van der Waals surface area contributed by atoms with Gasteiger partial charge in [-0.15, -0.1) is 5.10 Å². The van der Waals surface area contributed by atoms with Crippen LogP contribution in [0.3, 0.4) is 0 Å². The monoisotopic (exact) mass is 680 g/mol. The van der Waals surface area contributed by atoms with Gasteiger partial charge in [-0.05, 0) is 49.4 Å². The molecule has 260 valence electrons. The minimum Gasteiger partial charge on any atom is -0.487 e. The van der Waals surface area contributed by atoms with Gasteiger partial charge in [0.2, 0.25) is 5.91 Å². The number of hydrogen-bond donors (Lipinski definition) is 6. The average Bonchev–Trinajstić information content (AvgIpc) is 3.53. The third-order valence-corrected chi connectivity index (χ3v) is 7.25. The van der Waals surface area contributed by atoms with Crippen molar-refractivity contribution in [3.63, 3.8) is 0 Å². The van der Waals surface area contributed by atoms with Gasteiger partial charge in [-0.3, -0.25) is 4.79 Å². The number of rotatable bonds is 14. The summed E-state index contributed by atoms with van der Waals surface area (Å²) in [4.78, 5) is 36.0. The number of nitrogens with one attached hydrogen (secondary N) is 1. The SMILES string of the molecule is CCOC(=O)c1ccc(OCc2cn(-c3ccc(O[C@]4(C(=O)O)C[C@H](O)[C@@H](NC(C)=O)[C@H]([C@H](O)[C@H](O)CO)O4)c(C(F)F)c3)nn2)cc1. The molecule has 6 N–H and O–H groups in total. The predicted molar refractivity (Wildman–Crippen MR) is 156 cm³/mol. The van der Waals surface area contributed by atoms with Crippen LogP contribution in [0.4, 0.5) is 8.78 Å². The Balaban J connectivity index is 1.55. The normalized spacial score (nSPS) is 22.1. The highest BCUT2D eigenvalue weighted by atomic mass is 19.3. The molecule has 0 unspecified atom stereocenters. The minimum atomic E-state index is -3.21. The topological polar surface area (TPSA) is 232 Å². The number of alkyl halides is 2. The molecule has 1 aliphatic rings. The van der Waals surface area contributed by atoms with Crippen LogP contribution in [0, 0.1) is 0 Å². The van der Waals surface area contributed by atoms with Crippen molar-refractivity contribution in [1.82, 2.24) is 20.3 Å². The highest BCUT2D eigenvalue weighted by Crippen LogP contribution is 2.39. The first-order valence-electron chi connectivity index (χ1n) is 14.5. The van der Waals surface area contributed by atoms with Gasteiger partial charge < -0.3 is 49.8 Å². The number of esters is 1. The molecule has 2 heterocycles. The van der Waals surface area contributed by atoms with Crippen LogP contribution in [-0.4, -0.2) is 108 Å². The lowest BCUT2D eigenvalue weighted by molar-refractivity contribution is -0.284.